The first-order chi connectivity index (χ1) is 10.2. The molecule has 0 aliphatic heterocycles. The van der Waals surface area contributed by atoms with Gasteiger partial charge in [-0.3, -0.25) is 9.67 Å². The summed E-state index contributed by atoms with van der Waals surface area (Å²) >= 11 is 0. The Kier molecular flexibility index (Phi) is 3.60. The molecule has 3 aromatic rings. The lowest BCUT2D eigenvalue weighted by Crippen LogP contribution is -2.02. The quantitative estimate of drug-likeness (QED) is 0.796. The molecule has 4 nitrogen and oxygen atoms in total. The summed E-state index contributed by atoms with van der Waals surface area (Å²) in [4.78, 5) is 4.65. The van der Waals surface area contributed by atoms with Crippen LogP contribution >= 0.6 is 0 Å². The van der Waals surface area contributed by atoms with Gasteiger partial charge in [-0.25, -0.2) is 0 Å². The summed E-state index contributed by atoms with van der Waals surface area (Å²) in [6, 6.07) is 10.4. The fraction of sp³-hybridized carbons (Fsp3) is 0.294. The molecule has 0 unspecified atom stereocenters. The largest absolute Gasteiger partial charge is 0.379 e. The van der Waals surface area contributed by atoms with Gasteiger partial charge in [0.15, 0.2) is 0 Å². The summed E-state index contributed by atoms with van der Waals surface area (Å²) in [7, 11) is 1.96. The molecule has 0 saturated heterocycles. The molecule has 0 fully saturated rings. The van der Waals surface area contributed by atoms with E-state index in [1.54, 1.807) is 0 Å². The molecule has 1 aromatic carbocycles. The molecule has 0 radical (unpaired) electrons. The van der Waals surface area contributed by atoms with Gasteiger partial charge in [-0.15, -0.1) is 0 Å². The van der Waals surface area contributed by atoms with E-state index in [9.17, 15) is 0 Å². The van der Waals surface area contributed by atoms with Crippen LogP contribution in [0.15, 0.2) is 36.5 Å². The molecular formula is C17H20N4. The second kappa shape index (κ2) is 5.56. The Bertz CT molecular complexity index is 774. The number of rotatable bonds is 4. The van der Waals surface area contributed by atoms with E-state index in [2.05, 4.69) is 52.8 Å². The third-order valence-corrected chi connectivity index (χ3v) is 3.66. The van der Waals surface area contributed by atoms with Crippen molar-refractivity contribution in [3.8, 4) is 0 Å². The monoisotopic (exact) mass is 280 g/mol. The van der Waals surface area contributed by atoms with Crippen LogP contribution in [0.25, 0.3) is 10.9 Å². The van der Waals surface area contributed by atoms with Crippen molar-refractivity contribution in [2.75, 3.05) is 5.32 Å². The van der Waals surface area contributed by atoms with Gasteiger partial charge >= 0.3 is 0 Å². The van der Waals surface area contributed by atoms with E-state index in [0.717, 1.165) is 40.9 Å². The first kappa shape index (κ1) is 13.6. The van der Waals surface area contributed by atoms with Gasteiger partial charge in [0, 0.05) is 36.4 Å². The average Bonchev–Trinajstić information content (AvgIpc) is 2.85. The fourth-order valence-electron chi connectivity index (χ4n) is 2.61. The van der Waals surface area contributed by atoms with Gasteiger partial charge in [-0.1, -0.05) is 25.1 Å². The molecule has 0 spiro atoms. The van der Waals surface area contributed by atoms with E-state index in [1.165, 1.54) is 5.56 Å². The zero-order valence-electron chi connectivity index (χ0n) is 12.7. The number of hydrogen-bond acceptors (Lipinski definition) is 3. The Morgan fingerprint density at radius 1 is 1.19 bits per heavy atom. The molecule has 0 aliphatic carbocycles. The van der Waals surface area contributed by atoms with Crippen molar-refractivity contribution >= 4 is 16.6 Å². The van der Waals surface area contributed by atoms with Crippen molar-refractivity contribution in [1.29, 1.82) is 0 Å². The van der Waals surface area contributed by atoms with Crippen LogP contribution in [0.4, 0.5) is 5.69 Å². The summed E-state index contributed by atoms with van der Waals surface area (Å²) in [6.45, 7) is 4.92. The average molecular weight is 280 g/mol. The second-order valence-corrected chi connectivity index (χ2v) is 5.31. The molecule has 108 valence electrons. The highest BCUT2D eigenvalue weighted by atomic mass is 15.3. The highest BCUT2D eigenvalue weighted by molar-refractivity contribution is 5.90. The topological polar surface area (TPSA) is 42.7 Å². The number of pyridine rings is 1. The van der Waals surface area contributed by atoms with E-state index in [-0.39, 0.29) is 0 Å². The van der Waals surface area contributed by atoms with Crippen LogP contribution < -0.4 is 5.32 Å². The van der Waals surface area contributed by atoms with Crippen molar-refractivity contribution in [1.82, 2.24) is 14.8 Å². The van der Waals surface area contributed by atoms with Gasteiger partial charge in [0.2, 0.25) is 0 Å². The number of fused-ring (bicyclic) bond motifs is 1. The highest BCUT2D eigenvalue weighted by Crippen LogP contribution is 2.22. The summed E-state index contributed by atoms with van der Waals surface area (Å²) in [5.41, 5.74) is 5.52. The molecule has 3 rings (SSSR count). The predicted molar refractivity (Wildman–Crippen MR) is 86.4 cm³/mol. The van der Waals surface area contributed by atoms with E-state index in [0.29, 0.717) is 0 Å². The molecular weight excluding hydrogens is 260 g/mol. The maximum Gasteiger partial charge on any atom is 0.0936 e. The van der Waals surface area contributed by atoms with Crippen LogP contribution in [0.2, 0.25) is 0 Å². The lowest BCUT2D eigenvalue weighted by Gasteiger charge is -2.09. The molecule has 0 aliphatic rings. The molecule has 0 saturated carbocycles. The first-order valence-corrected chi connectivity index (χ1v) is 7.29. The summed E-state index contributed by atoms with van der Waals surface area (Å²) in [6.07, 6.45) is 3.03. The van der Waals surface area contributed by atoms with E-state index < -0.39 is 0 Å². The first-order valence-electron chi connectivity index (χ1n) is 7.29. The van der Waals surface area contributed by atoms with Crippen LogP contribution in [0.5, 0.6) is 0 Å². The minimum atomic E-state index is 0.770. The predicted octanol–water partition coefficient (Wildman–Crippen LogP) is 3.45. The number of para-hydroxylation sites is 1. The lowest BCUT2D eigenvalue weighted by molar-refractivity contribution is 0.746. The number of aryl methyl sites for hydroxylation is 3. The third-order valence-electron chi connectivity index (χ3n) is 3.66. The van der Waals surface area contributed by atoms with Crippen LogP contribution in [0.1, 0.15) is 23.9 Å². The number of nitrogens with zero attached hydrogens (tertiary/aromatic N) is 3. The summed E-state index contributed by atoms with van der Waals surface area (Å²) in [5.74, 6) is 0. The molecule has 2 heterocycles. The lowest BCUT2D eigenvalue weighted by atomic mass is 10.1. The fourth-order valence-corrected chi connectivity index (χ4v) is 2.61. The summed E-state index contributed by atoms with van der Waals surface area (Å²) < 4.78 is 1.88. The Labute approximate surface area is 124 Å². The van der Waals surface area contributed by atoms with Crippen molar-refractivity contribution in [3.05, 3.63) is 53.5 Å². The van der Waals surface area contributed by atoms with Gasteiger partial charge in [-0.2, -0.15) is 5.10 Å². The number of hydrogen-bond donors (Lipinski definition) is 1. The molecule has 21 heavy (non-hydrogen) atoms. The van der Waals surface area contributed by atoms with Crippen LogP contribution in [0, 0.1) is 6.92 Å². The molecule has 0 atom stereocenters. The van der Waals surface area contributed by atoms with Crippen molar-refractivity contribution in [2.24, 2.45) is 7.05 Å². The van der Waals surface area contributed by atoms with Crippen LogP contribution in [-0.2, 0) is 20.0 Å². The van der Waals surface area contributed by atoms with Gasteiger partial charge in [-0.05, 0) is 25.5 Å². The summed E-state index contributed by atoms with van der Waals surface area (Å²) in [5, 5.41) is 9.14. The number of benzene rings is 1. The maximum atomic E-state index is 4.65. The number of nitrogens with one attached hydrogen (secondary N) is 1. The van der Waals surface area contributed by atoms with Crippen LogP contribution in [-0.4, -0.2) is 14.8 Å². The molecule has 0 bridgehead atoms. The normalized spacial score (nSPS) is 11.0. The minimum Gasteiger partial charge on any atom is -0.379 e. The van der Waals surface area contributed by atoms with E-state index in [1.807, 2.05) is 24.7 Å². The Hall–Kier alpha value is -2.36. The van der Waals surface area contributed by atoms with Gasteiger partial charge < -0.3 is 5.32 Å². The molecule has 0 amide bonds. The van der Waals surface area contributed by atoms with Crippen molar-refractivity contribution < 1.29 is 0 Å². The zero-order valence-corrected chi connectivity index (χ0v) is 12.7. The van der Waals surface area contributed by atoms with Crippen molar-refractivity contribution in [2.45, 2.75) is 26.8 Å². The van der Waals surface area contributed by atoms with E-state index >= 15 is 0 Å². The number of anilines is 1. The van der Waals surface area contributed by atoms with Crippen molar-refractivity contribution in [3.63, 3.8) is 0 Å². The zero-order chi connectivity index (χ0) is 14.8. The van der Waals surface area contributed by atoms with Gasteiger partial charge in [0.1, 0.15) is 0 Å². The number of aromatic nitrogens is 3. The standard InChI is InChI=1S/C17H20N4/c1-4-15-14(11-21(3)20-15)10-18-16-7-5-6-13-9-8-12(2)19-17(13)16/h5-9,11,18H,4,10H2,1-3H3. The van der Waals surface area contributed by atoms with Gasteiger partial charge in [0.25, 0.3) is 0 Å². The Morgan fingerprint density at radius 2 is 2.05 bits per heavy atom. The SMILES string of the molecule is CCc1nn(C)cc1CNc1cccc2ccc(C)nc12. The molecule has 2 aromatic heterocycles. The smallest absolute Gasteiger partial charge is 0.0936 e. The van der Waals surface area contributed by atoms with E-state index in [4.69, 9.17) is 0 Å². The minimum absolute atomic E-state index is 0.770. The highest BCUT2D eigenvalue weighted by Gasteiger charge is 2.07. The molecule has 1 N–H and O–H groups in total. The second-order valence-electron chi connectivity index (χ2n) is 5.31. The van der Waals surface area contributed by atoms with Crippen LogP contribution in [0.3, 0.4) is 0 Å². The third kappa shape index (κ3) is 2.75. The maximum absolute atomic E-state index is 4.65. The Balaban J connectivity index is 1.89. The Morgan fingerprint density at radius 3 is 2.86 bits per heavy atom. The molecule has 4 heteroatoms. The van der Waals surface area contributed by atoms with Gasteiger partial charge in [0.05, 0.1) is 16.9 Å².